The molecular weight excluding hydrogens is 316 g/mol. The Kier molecular flexibility index (Phi) is 3.32. The molecule has 3 rings (SSSR count). The molecule has 1 amide bonds. The maximum absolute atomic E-state index is 12.4. The first-order valence-electron chi connectivity index (χ1n) is 6.29. The lowest BCUT2D eigenvalue weighted by molar-refractivity contribution is 0.102. The lowest BCUT2D eigenvalue weighted by atomic mass is 10.1. The Morgan fingerprint density at radius 2 is 2.05 bits per heavy atom. The molecule has 0 aliphatic rings. The molecule has 4 heteroatoms. The van der Waals surface area contributed by atoms with Crippen LogP contribution in [0.25, 0.3) is 10.9 Å². The summed E-state index contributed by atoms with van der Waals surface area (Å²) in [5, 5.41) is 3.96. The van der Waals surface area contributed by atoms with E-state index in [2.05, 4.69) is 26.2 Å². The average Bonchev–Trinajstić information content (AvgIpc) is 2.90. The monoisotopic (exact) mass is 328 g/mol. The molecule has 0 saturated carbocycles. The van der Waals surface area contributed by atoms with E-state index >= 15 is 0 Å². The fourth-order valence-electron chi connectivity index (χ4n) is 2.19. The summed E-state index contributed by atoms with van der Waals surface area (Å²) >= 11 is 3.47. The van der Waals surface area contributed by atoms with E-state index in [0.717, 1.165) is 26.6 Å². The summed E-state index contributed by atoms with van der Waals surface area (Å²) < 4.78 is 0.879. The molecular formula is C16H13BrN2O. The second-order valence-corrected chi connectivity index (χ2v) is 5.54. The smallest absolute Gasteiger partial charge is 0.257 e. The third kappa shape index (κ3) is 2.34. The number of rotatable bonds is 2. The molecule has 20 heavy (non-hydrogen) atoms. The predicted molar refractivity (Wildman–Crippen MR) is 85.1 cm³/mol. The summed E-state index contributed by atoms with van der Waals surface area (Å²) in [6, 6.07) is 13.5. The van der Waals surface area contributed by atoms with Crippen molar-refractivity contribution in [2.24, 2.45) is 0 Å². The number of carbonyl (C=O) groups is 1. The van der Waals surface area contributed by atoms with E-state index in [4.69, 9.17) is 0 Å². The number of nitrogens with one attached hydrogen (secondary N) is 2. The fraction of sp³-hybridized carbons (Fsp3) is 0.0625. The van der Waals surface area contributed by atoms with E-state index in [1.165, 1.54) is 0 Å². The molecule has 0 fully saturated rings. The van der Waals surface area contributed by atoms with E-state index in [9.17, 15) is 4.79 Å². The lowest BCUT2D eigenvalue weighted by Crippen LogP contribution is -2.12. The fourth-order valence-corrected chi connectivity index (χ4v) is 2.78. The number of aromatic amines is 1. The van der Waals surface area contributed by atoms with Gasteiger partial charge in [0.05, 0.1) is 16.8 Å². The van der Waals surface area contributed by atoms with Crippen LogP contribution < -0.4 is 5.32 Å². The first-order chi connectivity index (χ1) is 9.65. The first kappa shape index (κ1) is 12.9. The van der Waals surface area contributed by atoms with Gasteiger partial charge in [-0.25, -0.2) is 0 Å². The number of para-hydroxylation sites is 1. The molecule has 0 spiro atoms. The van der Waals surface area contributed by atoms with Crippen molar-refractivity contribution in [1.82, 2.24) is 4.98 Å². The third-order valence-electron chi connectivity index (χ3n) is 3.20. The van der Waals surface area contributed by atoms with Crippen LogP contribution in [0.3, 0.4) is 0 Å². The number of benzene rings is 2. The molecule has 3 nitrogen and oxygen atoms in total. The van der Waals surface area contributed by atoms with Crippen molar-refractivity contribution in [3.05, 3.63) is 64.3 Å². The number of anilines is 1. The highest BCUT2D eigenvalue weighted by Gasteiger charge is 2.12. The number of H-pyrrole nitrogens is 1. The lowest BCUT2D eigenvalue weighted by Gasteiger charge is -2.09. The Balaban J connectivity index is 1.95. The Bertz CT molecular complexity index is 792. The average molecular weight is 329 g/mol. The van der Waals surface area contributed by atoms with E-state index in [-0.39, 0.29) is 5.91 Å². The summed E-state index contributed by atoms with van der Waals surface area (Å²) in [4.78, 5) is 15.5. The summed E-state index contributed by atoms with van der Waals surface area (Å²) in [7, 11) is 0. The zero-order valence-corrected chi connectivity index (χ0v) is 12.5. The number of amides is 1. The number of aromatic nitrogens is 1. The molecule has 2 aromatic carbocycles. The second-order valence-electron chi connectivity index (χ2n) is 4.68. The zero-order chi connectivity index (χ0) is 14.1. The minimum atomic E-state index is -0.123. The summed E-state index contributed by atoms with van der Waals surface area (Å²) in [5.74, 6) is -0.123. The number of hydrogen-bond donors (Lipinski definition) is 2. The Labute approximate surface area is 125 Å². The van der Waals surface area contributed by atoms with Gasteiger partial charge in [-0.2, -0.15) is 0 Å². The highest BCUT2D eigenvalue weighted by atomic mass is 79.9. The number of halogens is 1. The van der Waals surface area contributed by atoms with Gasteiger partial charge in [-0.05, 0) is 52.7 Å². The second kappa shape index (κ2) is 5.13. The minimum Gasteiger partial charge on any atom is -0.361 e. The molecule has 3 aromatic rings. The Hall–Kier alpha value is -2.07. The van der Waals surface area contributed by atoms with Gasteiger partial charge >= 0.3 is 0 Å². The summed E-state index contributed by atoms with van der Waals surface area (Å²) in [6.07, 6.45) is 1.84. The van der Waals surface area contributed by atoms with Gasteiger partial charge in [0.2, 0.25) is 0 Å². The van der Waals surface area contributed by atoms with Gasteiger partial charge in [-0.3, -0.25) is 4.79 Å². The predicted octanol–water partition coefficient (Wildman–Crippen LogP) is 4.49. The summed E-state index contributed by atoms with van der Waals surface area (Å²) in [6.45, 7) is 2.01. The number of aryl methyl sites for hydroxylation is 1. The van der Waals surface area contributed by atoms with Crippen molar-refractivity contribution in [2.75, 3.05) is 5.32 Å². The van der Waals surface area contributed by atoms with Crippen LogP contribution in [0, 0.1) is 6.92 Å². The molecule has 0 atom stereocenters. The number of carbonyl (C=O) groups excluding carboxylic acids is 1. The van der Waals surface area contributed by atoms with Crippen LogP contribution in [0.5, 0.6) is 0 Å². The van der Waals surface area contributed by atoms with Gasteiger partial charge in [0.15, 0.2) is 0 Å². The first-order valence-corrected chi connectivity index (χ1v) is 7.08. The molecule has 1 heterocycles. The largest absolute Gasteiger partial charge is 0.361 e. The van der Waals surface area contributed by atoms with Crippen molar-refractivity contribution in [1.29, 1.82) is 0 Å². The van der Waals surface area contributed by atoms with Crippen LogP contribution in [0.4, 0.5) is 5.69 Å². The van der Waals surface area contributed by atoms with Crippen LogP contribution in [0.15, 0.2) is 53.1 Å². The molecule has 0 saturated heterocycles. The SMILES string of the molecule is Cc1ccc(NC(=O)c2cccc3cc[nH]c23)c(Br)c1. The van der Waals surface area contributed by atoms with Gasteiger partial charge in [-0.15, -0.1) is 0 Å². The van der Waals surface area contributed by atoms with E-state index < -0.39 is 0 Å². The third-order valence-corrected chi connectivity index (χ3v) is 3.86. The summed E-state index contributed by atoms with van der Waals surface area (Å²) in [5.41, 5.74) is 3.40. The molecule has 0 aliphatic heterocycles. The highest BCUT2D eigenvalue weighted by molar-refractivity contribution is 9.10. The number of hydrogen-bond acceptors (Lipinski definition) is 1. The van der Waals surface area contributed by atoms with Crippen LogP contribution in [-0.2, 0) is 0 Å². The number of fused-ring (bicyclic) bond motifs is 1. The van der Waals surface area contributed by atoms with Crippen molar-refractivity contribution < 1.29 is 4.79 Å². The van der Waals surface area contributed by atoms with Crippen LogP contribution in [0.2, 0.25) is 0 Å². The van der Waals surface area contributed by atoms with Crippen molar-refractivity contribution >= 4 is 38.4 Å². The molecule has 0 unspecified atom stereocenters. The highest BCUT2D eigenvalue weighted by Crippen LogP contribution is 2.25. The van der Waals surface area contributed by atoms with Crippen LogP contribution in [-0.4, -0.2) is 10.9 Å². The van der Waals surface area contributed by atoms with Crippen LogP contribution in [0.1, 0.15) is 15.9 Å². The van der Waals surface area contributed by atoms with E-state index in [1.54, 1.807) is 0 Å². The van der Waals surface area contributed by atoms with Crippen molar-refractivity contribution in [3.63, 3.8) is 0 Å². The molecule has 100 valence electrons. The maximum Gasteiger partial charge on any atom is 0.257 e. The standard InChI is InChI=1S/C16H13BrN2O/c1-10-5-6-14(13(17)9-10)19-16(20)12-4-2-3-11-7-8-18-15(11)12/h2-9,18H,1H3,(H,19,20). The Morgan fingerprint density at radius 1 is 1.20 bits per heavy atom. The maximum atomic E-state index is 12.4. The topological polar surface area (TPSA) is 44.9 Å². The van der Waals surface area contributed by atoms with E-state index in [1.807, 2.05) is 55.6 Å². The van der Waals surface area contributed by atoms with Crippen molar-refractivity contribution in [2.45, 2.75) is 6.92 Å². The van der Waals surface area contributed by atoms with Gasteiger partial charge in [0.25, 0.3) is 5.91 Å². The normalized spacial score (nSPS) is 10.7. The molecule has 2 N–H and O–H groups in total. The zero-order valence-electron chi connectivity index (χ0n) is 10.9. The van der Waals surface area contributed by atoms with Crippen LogP contribution >= 0.6 is 15.9 Å². The minimum absolute atomic E-state index is 0.123. The Morgan fingerprint density at radius 3 is 2.85 bits per heavy atom. The van der Waals surface area contributed by atoms with Gasteiger partial charge in [0, 0.05) is 16.1 Å². The molecule has 0 radical (unpaired) electrons. The quantitative estimate of drug-likeness (QED) is 0.715. The van der Waals surface area contributed by atoms with Gasteiger partial charge in [-0.1, -0.05) is 18.2 Å². The van der Waals surface area contributed by atoms with Gasteiger partial charge < -0.3 is 10.3 Å². The van der Waals surface area contributed by atoms with Gasteiger partial charge in [0.1, 0.15) is 0 Å². The molecule has 1 aromatic heterocycles. The van der Waals surface area contributed by atoms with Crippen molar-refractivity contribution in [3.8, 4) is 0 Å². The van der Waals surface area contributed by atoms with E-state index in [0.29, 0.717) is 5.56 Å². The molecule has 0 aliphatic carbocycles. The molecule has 0 bridgehead atoms.